The molecule has 3 aliphatic rings. The number of amides is 3. The summed E-state index contributed by atoms with van der Waals surface area (Å²) in [4.78, 5) is 32.1. The Balaban J connectivity index is 1.21. The first kappa shape index (κ1) is 25.3. The van der Waals surface area contributed by atoms with Crippen molar-refractivity contribution in [3.05, 3.63) is 29.3 Å². The van der Waals surface area contributed by atoms with Gasteiger partial charge in [0, 0.05) is 37.7 Å². The fourth-order valence-corrected chi connectivity index (χ4v) is 5.63. The van der Waals surface area contributed by atoms with E-state index in [9.17, 15) is 9.59 Å². The van der Waals surface area contributed by atoms with Gasteiger partial charge >= 0.3 is 6.03 Å². The van der Waals surface area contributed by atoms with E-state index in [2.05, 4.69) is 35.9 Å². The SMILES string of the molecule is CCC(C)(C)C1CCC2(CC1)NC(=O)N(CN1CCN(CCOc3ccc(Cl)cc3)CC1)C2=O. The summed E-state index contributed by atoms with van der Waals surface area (Å²) in [5.41, 5.74) is -0.398. The van der Waals surface area contributed by atoms with Crippen molar-refractivity contribution < 1.29 is 14.3 Å². The number of piperazine rings is 1. The Labute approximate surface area is 208 Å². The van der Waals surface area contributed by atoms with E-state index in [0.29, 0.717) is 24.2 Å². The molecule has 0 aromatic heterocycles. The highest BCUT2D eigenvalue weighted by Crippen LogP contribution is 2.45. The first-order valence-electron chi connectivity index (χ1n) is 12.7. The molecule has 2 heterocycles. The summed E-state index contributed by atoms with van der Waals surface area (Å²) in [7, 11) is 0. The minimum Gasteiger partial charge on any atom is -0.492 e. The standard InChI is InChI=1S/C26H39ClN4O3/c1-4-25(2,3)20-9-11-26(12-10-20)23(32)31(24(33)28-26)19-30-15-13-29(14-16-30)17-18-34-22-7-5-21(27)6-8-22/h5-8,20H,4,9-19H2,1-3H3,(H,28,33). The van der Waals surface area contributed by atoms with Crippen molar-refractivity contribution in [2.75, 3.05) is 46.0 Å². The Morgan fingerprint density at radius 3 is 2.29 bits per heavy atom. The summed E-state index contributed by atoms with van der Waals surface area (Å²) < 4.78 is 5.81. The van der Waals surface area contributed by atoms with Crippen LogP contribution in [0.5, 0.6) is 5.75 Å². The molecule has 1 N–H and O–H groups in total. The van der Waals surface area contributed by atoms with Crippen LogP contribution < -0.4 is 10.1 Å². The van der Waals surface area contributed by atoms with Crippen LogP contribution in [-0.4, -0.2) is 78.2 Å². The van der Waals surface area contributed by atoms with Crippen molar-refractivity contribution >= 4 is 23.5 Å². The molecule has 2 aliphatic heterocycles. The molecule has 2 saturated heterocycles. The van der Waals surface area contributed by atoms with Crippen LogP contribution in [0.25, 0.3) is 0 Å². The molecule has 0 radical (unpaired) electrons. The Bertz CT molecular complexity index is 859. The first-order chi connectivity index (χ1) is 16.2. The Hall–Kier alpha value is -1.83. The lowest BCUT2D eigenvalue weighted by molar-refractivity contribution is -0.134. The van der Waals surface area contributed by atoms with Crippen molar-refractivity contribution in [3.63, 3.8) is 0 Å². The van der Waals surface area contributed by atoms with E-state index >= 15 is 0 Å². The first-order valence-corrected chi connectivity index (χ1v) is 13.1. The molecular formula is C26H39ClN4O3. The summed E-state index contributed by atoms with van der Waals surface area (Å²) >= 11 is 5.91. The van der Waals surface area contributed by atoms with E-state index in [1.807, 2.05) is 24.3 Å². The molecule has 1 aromatic carbocycles. The van der Waals surface area contributed by atoms with E-state index in [-0.39, 0.29) is 17.4 Å². The number of urea groups is 1. The lowest BCUT2D eigenvalue weighted by atomic mass is 9.65. The third kappa shape index (κ3) is 5.52. The molecule has 0 atom stereocenters. The van der Waals surface area contributed by atoms with Gasteiger partial charge in [0.15, 0.2) is 0 Å². The molecule has 1 spiro atoms. The smallest absolute Gasteiger partial charge is 0.326 e. The van der Waals surface area contributed by atoms with Gasteiger partial charge in [-0.05, 0) is 61.3 Å². The van der Waals surface area contributed by atoms with E-state index < -0.39 is 5.54 Å². The highest BCUT2D eigenvalue weighted by atomic mass is 35.5. The number of hydrogen-bond acceptors (Lipinski definition) is 5. The van der Waals surface area contributed by atoms with Gasteiger partial charge < -0.3 is 10.1 Å². The van der Waals surface area contributed by atoms with Gasteiger partial charge in [0.05, 0.1) is 6.67 Å². The Morgan fingerprint density at radius 1 is 1.06 bits per heavy atom. The number of imide groups is 1. The molecule has 4 rings (SSSR count). The van der Waals surface area contributed by atoms with Gasteiger partial charge in [-0.3, -0.25) is 14.6 Å². The molecule has 1 aliphatic carbocycles. The lowest BCUT2D eigenvalue weighted by Crippen LogP contribution is -2.53. The number of carbonyl (C=O) groups is 2. The number of nitrogens with zero attached hydrogens (tertiary/aromatic N) is 3. The quantitative estimate of drug-likeness (QED) is 0.553. The van der Waals surface area contributed by atoms with Gasteiger partial charge in [-0.1, -0.05) is 38.8 Å². The largest absolute Gasteiger partial charge is 0.492 e. The van der Waals surface area contributed by atoms with Gasteiger partial charge in [0.1, 0.15) is 17.9 Å². The maximum absolute atomic E-state index is 13.3. The zero-order valence-electron chi connectivity index (χ0n) is 20.8. The normalized spacial score (nSPS) is 26.8. The zero-order chi connectivity index (χ0) is 24.3. The summed E-state index contributed by atoms with van der Waals surface area (Å²) in [6.07, 6.45) is 4.64. The molecule has 188 valence electrons. The monoisotopic (exact) mass is 490 g/mol. The molecular weight excluding hydrogens is 452 g/mol. The molecule has 1 saturated carbocycles. The minimum atomic E-state index is -0.682. The van der Waals surface area contributed by atoms with Crippen LogP contribution in [0.1, 0.15) is 52.9 Å². The average Bonchev–Trinajstić information content (AvgIpc) is 3.05. The molecule has 3 fully saturated rings. The number of ether oxygens (including phenoxy) is 1. The number of nitrogens with one attached hydrogen (secondary N) is 1. The van der Waals surface area contributed by atoms with E-state index in [1.165, 1.54) is 4.90 Å². The number of hydrogen-bond donors (Lipinski definition) is 1. The van der Waals surface area contributed by atoms with Gasteiger partial charge in [-0.25, -0.2) is 9.69 Å². The fourth-order valence-electron chi connectivity index (χ4n) is 5.50. The second kappa shape index (κ2) is 10.4. The van der Waals surface area contributed by atoms with Crippen LogP contribution in [0.4, 0.5) is 4.79 Å². The van der Waals surface area contributed by atoms with Crippen LogP contribution >= 0.6 is 11.6 Å². The van der Waals surface area contributed by atoms with Crippen molar-refractivity contribution in [2.45, 2.75) is 58.4 Å². The third-order valence-electron chi connectivity index (χ3n) is 8.40. The van der Waals surface area contributed by atoms with E-state index in [1.54, 1.807) is 0 Å². The predicted molar refractivity (Wildman–Crippen MR) is 134 cm³/mol. The van der Waals surface area contributed by atoms with Gasteiger partial charge in [0.2, 0.25) is 0 Å². The van der Waals surface area contributed by atoms with Crippen LogP contribution in [0.2, 0.25) is 5.02 Å². The lowest BCUT2D eigenvalue weighted by Gasteiger charge is -2.42. The predicted octanol–water partition coefficient (Wildman–Crippen LogP) is 4.21. The highest BCUT2D eigenvalue weighted by molar-refractivity contribution is 6.30. The molecule has 7 nitrogen and oxygen atoms in total. The van der Waals surface area contributed by atoms with Crippen molar-refractivity contribution in [2.24, 2.45) is 11.3 Å². The number of rotatable bonds is 8. The van der Waals surface area contributed by atoms with Crippen molar-refractivity contribution in [3.8, 4) is 5.75 Å². The summed E-state index contributed by atoms with van der Waals surface area (Å²) in [5, 5.41) is 3.78. The highest BCUT2D eigenvalue weighted by Gasteiger charge is 2.53. The Kier molecular flexibility index (Phi) is 7.75. The number of benzene rings is 1. The number of halogens is 1. The zero-order valence-corrected chi connectivity index (χ0v) is 21.6. The molecule has 34 heavy (non-hydrogen) atoms. The van der Waals surface area contributed by atoms with Gasteiger partial charge in [-0.15, -0.1) is 0 Å². The van der Waals surface area contributed by atoms with Crippen LogP contribution in [0.3, 0.4) is 0 Å². The third-order valence-corrected chi connectivity index (χ3v) is 8.65. The van der Waals surface area contributed by atoms with Crippen molar-refractivity contribution in [1.29, 1.82) is 0 Å². The van der Waals surface area contributed by atoms with E-state index in [0.717, 1.165) is 70.6 Å². The topological polar surface area (TPSA) is 65.1 Å². The second-order valence-corrected chi connectivity index (χ2v) is 11.2. The van der Waals surface area contributed by atoms with Gasteiger partial charge in [0.25, 0.3) is 5.91 Å². The molecule has 1 aromatic rings. The molecule has 3 amide bonds. The summed E-state index contributed by atoms with van der Waals surface area (Å²) in [5.74, 6) is 1.41. The molecule has 8 heteroatoms. The van der Waals surface area contributed by atoms with E-state index in [4.69, 9.17) is 16.3 Å². The minimum absolute atomic E-state index is 0.0240. The van der Waals surface area contributed by atoms with Crippen LogP contribution in [0, 0.1) is 11.3 Å². The number of carbonyl (C=O) groups excluding carboxylic acids is 2. The average molecular weight is 491 g/mol. The van der Waals surface area contributed by atoms with Crippen molar-refractivity contribution in [1.82, 2.24) is 20.0 Å². The maximum Gasteiger partial charge on any atom is 0.326 e. The van der Waals surface area contributed by atoms with Crippen LogP contribution in [0.15, 0.2) is 24.3 Å². The summed E-state index contributed by atoms with van der Waals surface area (Å²) in [6, 6.07) is 7.18. The van der Waals surface area contributed by atoms with Gasteiger partial charge in [-0.2, -0.15) is 0 Å². The Morgan fingerprint density at radius 2 is 1.68 bits per heavy atom. The van der Waals surface area contributed by atoms with Crippen LogP contribution in [-0.2, 0) is 4.79 Å². The fraction of sp³-hybridized carbons (Fsp3) is 0.692. The second-order valence-electron chi connectivity index (χ2n) is 10.8. The summed E-state index contributed by atoms with van der Waals surface area (Å²) in [6.45, 7) is 12.2. The molecule has 0 bridgehead atoms. The molecule has 0 unspecified atom stereocenters. The maximum atomic E-state index is 13.3.